The highest BCUT2D eigenvalue weighted by molar-refractivity contribution is 9.10. The van der Waals surface area contributed by atoms with Crippen LogP contribution in [0.4, 0.5) is 5.82 Å². The van der Waals surface area contributed by atoms with E-state index in [0.717, 1.165) is 33.3 Å². The minimum absolute atomic E-state index is 0.0857. The molecule has 1 N–H and O–H groups in total. The van der Waals surface area contributed by atoms with Gasteiger partial charge in [-0.3, -0.25) is 4.79 Å². The van der Waals surface area contributed by atoms with Gasteiger partial charge in [0, 0.05) is 16.2 Å². The number of carbonyl (C=O) groups is 2. The second-order valence-electron chi connectivity index (χ2n) is 6.98. The van der Waals surface area contributed by atoms with Gasteiger partial charge in [0.15, 0.2) is 5.69 Å². The first kappa shape index (κ1) is 20.3. The fourth-order valence-electron chi connectivity index (χ4n) is 3.66. The second kappa shape index (κ2) is 9.19. The number of hydrogen-bond donors (Lipinski definition) is 1. The third-order valence-electron chi connectivity index (χ3n) is 5.23. The Kier molecular flexibility index (Phi) is 6.67. The summed E-state index contributed by atoms with van der Waals surface area (Å²) in [5, 5.41) is 7.37. The summed E-state index contributed by atoms with van der Waals surface area (Å²) in [5.41, 5.74) is 3.30. The quantitative estimate of drug-likeness (QED) is 0.505. The fraction of sp³-hybridized carbons (Fsp3) is 0.381. The van der Waals surface area contributed by atoms with E-state index in [2.05, 4.69) is 33.3 Å². The van der Waals surface area contributed by atoms with E-state index in [-0.39, 0.29) is 5.69 Å². The minimum atomic E-state index is -0.582. The third-order valence-corrected chi connectivity index (χ3v) is 5.76. The maximum absolute atomic E-state index is 11.8. The van der Waals surface area contributed by atoms with Gasteiger partial charge < -0.3 is 10.1 Å². The molecule has 1 aromatic heterocycles. The Morgan fingerprint density at radius 3 is 2.54 bits per heavy atom. The van der Waals surface area contributed by atoms with Crippen molar-refractivity contribution in [1.29, 1.82) is 0 Å². The van der Waals surface area contributed by atoms with Crippen molar-refractivity contribution >= 4 is 39.8 Å². The Bertz CT molecular complexity index is 881. The highest BCUT2D eigenvalue weighted by Crippen LogP contribution is 2.34. The molecule has 0 radical (unpaired) electrons. The first-order valence-corrected chi connectivity index (χ1v) is 10.2. The van der Waals surface area contributed by atoms with Crippen LogP contribution >= 0.6 is 15.9 Å². The monoisotopic (exact) mass is 445 g/mol. The van der Waals surface area contributed by atoms with E-state index in [1.807, 2.05) is 24.3 Å². The molecule has 28 heavy (non-hydrogen) atoms. The Morgan fingerprint density at radius 2 is 1.93 bits per heavy atom. The van der Waals surface area contributed by atoms with Crippen molar-refractivity contribution in [3.8, 4) is 0 Å². The number of carbonyl (C=O) groups excluding carboxylic acids is 2. The second-order valence-corrected chi connectivity index (χ2v) is 7.90. The lowest BCUT2D eigenvalue weighted by Gasteiger charge is -2.26. The average Bonchev–Trinajstić information content (AvgIpc) is 3.15. The summed E-state index contributed by atoms with van der Waals surface area (Å²) >= 11 is 3.48. The molecule has 6 nitrogen and oxygen atoms in total. The molecule has 148 valence electrons. The molecule has 0 aliphatic heterocycles. The number of hydrogen-bond acceptors (Lipinski definition) is 5. The normalized spacial score (nSPS) is 15.7. The molecule has 0 spiro atoms. The van der Waals surface area contributed by atoms with Crippen molar-refractivity contribution in [1.82, 2.24) is 9.78 Å². The molecular weight excluding hydrogens is 422 g/mol. The van der Waals surface area contributed by atoms with Crippen LogP contribution in [-0.2, 0) is 9.53 Å². The van der Waals surface area contributed by atoms with Crippen molar-refractivity contribution < 1.29 is 14.3 Å². The number of methoxy groups -OCH3 is 1. The molecule has 1 aliphatic carbocycles. The zero-order valence-electron chi connectivity index (χ0n) is 16.1. The molecule has 0 bridgehead atoms. The summed E-state index contributed by atoms with van der Waals surface area (Å²) in [6.45, 7) is 2.14. The number of aromatic nitrogens is 2. The van der Waals surface area contributed by atoms with Crippen LogP contribution in [-0.4, -0.2) is 29.3 Å². The SMILES string of the molecule is COC(=O)c1cc(N/C(=C(\C)C2CCCCC2)c2ccc(Br)cc2)n(C=O)n1. The van der Waals surface area contributed by atoms with Gasteiger partial charge in [-0.05, 0) is 49.0 Å². The van der Waals surface area contributed by atoms with Crippen LogP contribution in [0.25, 0.3) is 5.70 Å². The lowest BCUT2D eigenvalue weighted by molar-refractivity contribution is 0.0593. The highest BCUT2D eigenvalue weighted by Gasteiger charge is 2.21. The van der Waals surface area contributed by atoms with Crippen LogP contribution < -0.4 is 5.32 Å². The maximum Gasteiger partial charge on any atom is 0.358 e. The number of halogens is 1. The summed E-state index contributed by atoms with van der Waals surface area (Å²) in [6, 6.07) is 9.57. The largest absolute Gasteiger partial charge is 0.464 e. The minimum Gasteiger partial charge on any atom is -0.464 e. The summed E-state index contributed by atoms with van der Waals surface area (Å²) < 4.78 is 6.84. The Hall–Kier alpha value is -2.41. The van der Waals surface area contributed by atoms with E-state index in [1.165, 1.54) is 38.0 Å². The van der Waals surface area contributed by atoms with Crippen LogP contribution in [0.2, 0.25) is 0 Å². The molecule has 1 saturated carbocycles. The molecular formula is C21H24BrN3O3. The van der Waals surface area contributed by atoms with Crippen molar-refractivity contribution in [3.63, 3.8) is 0 Å². The van der Waals surface area contributed by atoms with Gasteiger partial charge in [0.2, 0.25) is 6.41 Å². The van der Waals surface area contributed by atoms with Gasteiger partial charge in [-0.25, -0.2) is 4.79 Å². The van der Waals surface area contributed by atoms with Crippen LogP contribution in [0.1, 0.15) is 55.1 Å². The summed E-state index contributed by atoms with van der Waals surface area (Å²) in [7, 11) is 1.29. The number of nitrogens with zero attached hydrogens (tertiary/aromatic N) is 2. The molecule has 3 rings (SSSR count). The molecule has 1 fully saturated rings. The number of anilines is 1. The van der Waals surface area contributed by atoms with Gasteiger partial charge in [-0.15, -0.1) is 0 Å². The predicted molar refractivity (Wildman–Crippen MR) is 113 cm³/mol. The molecule has 2 aromatic rings. The Labute approximate surface area is 173 Å². The zero-order valence-corrected chi connectivity index (χ0v) is 17.7. The topological polar surface area (TPSA) is 73.2 Å². The van der Waals surface area contributed by atoms with Gasteiger partial charge in [0.05, 0.1) is 7.11 Å². The van der Waals surface area contributed by atoms with E-state index >= 15 is 0 Å². The number of benzene rings is 1. The first-order chi connectivity index (χ1) is 13.5. The lowest BCUT2D eigenvalue weighted by atomic mass is 9.83. The number of rotatable bonds is 6. The van der Waals surface area contributed by atoms with Crippen molar-refractivity contribution in [2.24, 2.45) is 5.92 Å². The van der Waals surface area contributed by atoms with E-state index in [1.54, 1.807) is 0 Å². The number of allylic oxidation sites excluding steroid dienone is 1. The van der Waals surface area contributed by atoms with Gasteiger partial charge in [-0.2, -0.15) is 9.78 Å². The van der Waals surface area contributed by atoms with Gasteiger partial charge >= 0.3 is 5.97 Å². The van der Waals surface area contributed by atoms with Crippen LogP contribution in [0.5, 0.6) is 0 Å². The van der Waals surface area contributed by atoms with Crippen molar-refractivity contribution in [2.75, 3.05) is 12.4 Å². The van der Waals surface area contributed by atoms with Crippen molar-refractivity contribution in [2.45, 2.75) is 39.0 Å². The van der Waals surface area contributed by atoms with Crippen molar-refractivity contribution in [3.05, 3.63) is 51.6 Å². The predicted octanol–water partition coefficient (Wildman–Crippen LogP) is 4.89. The molecule has 1 aliphatic rings. The lowest BCUT2D eigenvalue weighted by Crippen LogP contribution is -2.14. The van der Waals surface area contributed by atoms with Gasteiger partial charge in [0.25, 0.3) is 0 Å². The first-order valence-electron chi connectivity index (χ1n) is 9.40. The van der Waals surface area contributed by atoms with Crippen LogP contribution in [0.3, 0.4) is 0 Å². The summed E-state index contributed by atoms with van der Waals surface area (Å²) in [6.07, 6.45) is 6.64. The van der Waals surface area contributed by atoms with E-state index in [4.69, 9.17) is 4.74 Å². The van der Waals surface area contributed by atoms with Gasteiger partial charge in [-0.1, -0.05) is 47.3 Å². The third kappa shape index (κ3) is 4.52. The van der Waals surface area contributed by atoms with Crippen LogP contribution in [0.15, 0.2) is 40.4 Å². The molecule has 0 amide bonds. The summed E-state index contributed by atoms with van der Waals surface area (Å²) in [4.78, 5) is 23.3. The molecule has 7 heteroatoms. The highest BCUT2D eigenvalue weighted by atomic mass is 79.9. The molecule has 1 heterocycles. The zero-order chi connectivity index (χ0) is 20.1. The summed E-state index contributed by atoms with van der Waals surface area (Å²) in [5.74, 6) is 0.345. The Balaban J connectivity index is 2.02. The van der Waals surface area contributed by atoms with E-state index in [0.29, 0.717) is 18.1 Å². The Morgan fingerprint density at radius 1 is 1.25 bits per heavy atom. The maximum atomic E-state index is 11.8. The smallest absolute Gasteiger partial charge is 0.358 e. The fourth-order valence-corrected chi connectivity index (χ4v) is 3.92. The van der Waals surface area contributed by atoms with Crippen LogP contribution in [0, 0.1) is 5.92 Å². The standard InChI is InChI=1S/C21H24BrN3O3/c1-14(15-6-4-3-5-7-15)20(16-8-10-17(22)11-9-16)23-19-12-18(21(27)28-2)24-25(19)13-26/h8-13,15,23H,3-7H2,1-2H3/b20-14+. The number of nitrogens with one attached hydrogen (secondary N) is 1. The van der Waals surface area contributed by atoms with E-state index in [9.17, 15) is 9.59 Å². The molecule has 0 saturated heterocycles. The van der Waals surface area contributed by atoms with Gasteiger partial charge in [0.1, 0.15) is 5.82 Å². The number of esters is 1. The molecule has 0 unspecified atom stereocenters. The molecule has 1 aromatic carbocycles. The van der Waals surface area contributed by atoms with E-state index < -0.39 is 5.97 Å². The number of ether oxygens (including phenoxy) is 1. The molecule has 0 atom stereocenters. The average molecular weight is 446 g/mol.